The number of halogens is 1. The van der Waals surface area contributed by atoms with E-state index in [0.717, 1.165) is 12.0 Å². The van der Waals surface area contributed by atoms with Crippen LogP contribution in [-0.4, -0.2) is 6.04 Å². The van der Waals surface area contributed by atoms with E-state index in [1.807, 2.05) is 12.1 Å². The highest BCUT2D eigenvalue weighted by molar-refractivity contribution is 5.21. The molecule has 1 nitrogen and oxygen atoms in total. The van der Waals surface area contributed by atoms with Crippen molar-refractivity contribution in [2.45, 2.75) is 70.4 Å². The molecule has 0 saturated heterocycles. The molecule has 0 aliphatic heterocycles. The molecule has 0 bridgehead atoms. The Kier molecular flexibility index (Phi) is 5.84. The van der Waals surface area contributed by atoms with E-state index in [0.29, 0.717) is 6.04 Å². The quantitative estimate of drug-likeness (QED) is 0.808. The molecule has 0 aromatic heterocycles. The number of benzene rings is 1. The number of rotatable bonds is 4. The monoisotopic (exact) mass is 263 g/mol. The summed E-state index contributed by atoms with van der Waals surface area (Å²) in [7, 11) is 0. The van der Waals surface area contributed by atoms with Gasteiger partial charge in [0.05, 0.1) is 0 Å². The van der Waals surface area contributed by atoms with Crippen molar-refractivity contribution in [3.05, 3.63) is 35.6 Å². The Hall–Kier alpha value is -0.890. The number of hydrogen-bond donors (Lipinski definition) is 1. The summed E-state index contributed by atoms with van der Waals surface area (Å²) in [5, 5.41) is 3.69. The highest BCUT2D eigenvalue weighted by atomic mass is 19.1. The minimum atomic E-state index is -0.0762. The third-order valence-electron chi connectivity index (χ3n) is 4.23. The molecule has 1 fully saturated rings. The van der Waals surface area contributed by atoms with Crippen LogP contribution in [0, 0.1) is 5.82 Å². The first-order chi connectivity index (χ1) is 9.31. The molecule has 1 aliphatic carbocycles. The molecule has 1 atom stereocenters. The lowest BCUT2D eigenvalue weighted by Gasteiger charge is -2.27. The van der Waals surface area contributed by atoms with Crippen LogP contribution in [0.15, 0.2) is 24.3 Å². The molecule has 1 unspecified atom stereocenters. The first-order valence-electron chi connectivity index (χ1n) is 7.81. The fourth-order valence-corrected chi connectivity index (χ4v) is 3.09. The van der Waals surface area contributed by atoms with Gasteiger partial charge in [0.15, 0.2) is 0 Å². The molecule has 2 rings (SSSR count). The van der Waals surface area contributed by atoms with Gasteiger partial charge in [0.1, 0.15) is 5.82 Å². The topological polar surface area (TPSA) is 12.0 Å². The molecule has 2 heteroatoms. The van der Waals surface area contributed by atoms with Gasteiger partial charge in [-0.1, -0.05) is 57.2 Å². The van der Waals surface area contributed by atoms with Gasteiger partial charge in [-0.25, -0.2) is 4.39 Å². The largest absolute Gasteiger partial charge is 0.307 e. The molecule has 106 valence electrons. The average molecular weight is 263 g/mol. The molecule has 0 amide bonds. The van der Waals surface area contributed by atoms with Crippen molar-refractivity contribution < 1.29 is 4.39 Å². The maximum Gasteiger partial charge on any atom is 0.127 e. The maximum absolute atomic E-state index is 13.9. The molecule has 1 saturated carbocycles. The summed E-state index contributed by atoms with van der Waals surface area (Å²) in [5.74, 6) is -0.0762. The van der Waals surface area contributed by atoms with Crippen molar-refractivity contribution in [2.24, 2.45) is 0 Å². The van der Waals surface area contributed by atoms with Crippen molar-refractivity contribution in [3.8, 4) is 0 Å². The normalized spacial score (nSPS) is 19.7. The van der Waals surface area contributed by atoms with Crippen LogP contribution in [0.1, 0.15) is 69.9 Å². The van der Waals surface area contributed by atoms with Gasteiger partial charge in [-0.3, -0.25) is 0 Å². The molecular weight excluding hydrogens is 237 g/mol. The molecular formula is C17H26FN. The van der Waals surface area contributed by atoms with Gasteiger partial charge in [0.25, 0.3) is 0 Å². The second-order valence-corrected chi connectivity index (χ2v) is 5.69. The highest BCUT2D eigenvalue weighted by Crippen LogP contribution is 2.24. The van der Waals surface area contributed by atoms with E-state index in [4.69, 9.17) is 0 Å². The Labute approximate surface area is 116 Å². The van der Waals surface area contributed by atoms with E-state index >= 15 is 0 Å². The molecule has 0 spiro atoms. The molecule has 1 aromatic rings. The zero-order chi connectivity index (χ0) is 13.5. The van der Waals surface area contributed by atoms with Gasteiger partial charge in [0, 0.05) is 17.6 Å². The predicted octanol–water partition coefficient (Wildman–Crippen LogP) is 4.98. The SMILES string of the molecule is CCC(NC1CCCCCCC1)c1ccccc1F. The highest BCUT2D eigenvalue weighted by Gasteiger charge is 2.18. The third kappa shape index (κ3) is 4.31. The fraction of sp³-hybridized carbons (Fsp3) is 0.647. The lowest BCUT2D eigenvalue weighted by molar-refractivity contribution is 0.344. The summed E-state index contributed by atoms with van der Waals surface area (Å²) in [6.45, 7) is 2.13. The molecule has 1 aliphatic rings. The summed E-state index contributed by atoms with van der Waals surface area (Å²) in [6.07, 6.45) is 10.1. The fourth-order valence-electron chi connectivity index (χ4n) is 3.09. The molecule has 19 heavy (non-hydrogen) atoms. The maximum atomic E-state index is 13.9. The predicted molar refractivity (Wildman–Crippen MR) is 78.7 cm³/mol. The van der Waals surface area contributed by atoms with E-state index in [2.05, 4.69) is 12.2 Å². The number of nitrogens with one attached hydrogen (secondary N) is 1. The van der Waals surface area contributed by atoms with Crippen LogP contribution >= 0.6 is 0 Å². The Morgan fingerprint density at radius 1 is 1.11 bits per heavy atom. The zero-order valence-corrected chi connectivity index (χ0v) is 12.0. The summed E-state index contributed by atoms with van der Waals surface area (Å²) in [6, 6.07) is 7.90. The summed E-state index contributed by atoms with van der Waals surface area (Å²) in [4.78, 5) is 0. The summed E-state index contributed by atoms with van der Waals surface area (Å²) >= 11 is 0. The standard InChI is InChI=1S/C17H26FN/c1-2-17(15-12-8-9-13-16(15)18)19-14-10-6-4-3-5-7-11-14/h8-9,12-14,17,19H,2-7,10-11H2,1H3. The lowest BCUT2D eigenvalue weighted by atomic mass is 9.94. The van der Waals surface area contributed by atoms with Crippen LogP contribution in [0.2, 0.25) is 0 Å². The molecule has 1 aromatic carbocycles. The van der Waals surface area contributed by atoms with E-state index in [9.17, 15) is 4.39 Å². The van der Waals surface area contributed by atoms with E-state index in [1.165, 1.54) is 44.9 Å². The van der Waals surface area contributed by atoms with Crippen LogP contribution in [0.5, 0.6) is 0 Å². The van der Waals surface area contributed by atoms with Crippen LogP contribution in [0.25, 0.3) is 0 Å². The molecule has 1 N–H and O–H groups in total. The van der Waals surface area contributed by atoms with Crippen molar-refractivity contribution in [1.29, 1.82) is 0 Å². The molecule has 0 heterocycles. The smallest absolute Gasteiger partial charge is 0.127 e. The third-order valence-corrected chi connectivity index (χ3v) is 4.23. The van der Waals surface area contributed by atoms with Crippen LogP contribution in [0.3, 0.4) is 0 Å². The second kappa shape index (κ2) is 7.64. The van der Waals surface area contributed by atoms with Crippen molar-refractivity contribution >= 4 is 0 Å². The Bertz CT molecular complexity index is 369. The van der Waals surface area contributed by atoms with Crippen molar-refractivity contribution in [2.75, 3.05) is 0 Å². The average Bonchev–Trinajstić information content (AvgIpc) is 2.39. The van der Waals surface area contributed by atoms with Gasteiger partial charge in [-0.2, -0.15) is 0 Å². The van der Waals surface area contributed by atoms with E-state index in [-0.39, 0.29) is 11.9 Å². The van der Waals surface area contributed by atoms with Gasteiger partial charge in [0.2, 0.25) is 0 Å². The van der Waals surface area contributed by atoms with Gasteiger partial charge in [-0.15, -0.1) is 0 Å². The van der Waals surface area contributed by atoms with Gasteiger partial charge < -0.3 is 5.32 Å². The summed E-state index contributed by atoms with van der Waals surface area (Å²) in [5.41, 5.74) is 0.826. The Morgan fingerprint density at radius 3 is 2.37 bits per heavy atom. The van der Waals surface area contributed by atoms with Crippen molar-refractivity contribution in [1.82, 2.24) is 5.32 Å². The van der Waals surface area contributed by atoms with Gasteiger partial charge in [-0.05, 0) is 25.3 Å². The Morgan fingerprint density at radius 2 is 1.74 bits per heavy atom. The Balaban J connectivity index is 1.99. The van der Waals surface area contributed by atoms with Crippen molar-refractivity contribution in [3.63, 3.8) is 0 Å². The van der Waals surface area contributed by atoms with E-state index < -0.39 is 0 Å². The summed E-state index contributed by atoms with van der Waals surface area (Å²) < 4.78 is 13.9. The van der Waals surface area contributed by atoms with Crippen LogP contribution < -0.4 is 5.32 Å². The van der Waals surface area contributed by atoms with Crippen LogP contribution in [0.4, 0.5) is 4.39 Å². The first-order valence-corrected chi connectivity index (χ1v) is 7.81. The van der Waals surface area contributed by atoms with E-state index in [1.54, 1.807) is 12.1 Å². The first kappa shape index (κ1) is 14.5. The van der Waals surface area contributed by atoms with Gasteiger partial charge >= 0.3 is 0 Å². The molecule has 0 radical (unpaired) electrons. The zero-order valence-electron chi connectivity index (χ0n) is 12.0. The second-order valence-electron chi connectivity index (χ2n) is 5.69. The minimum absolute atomic E-state index is 0.0762. The number of hydrogen-bond acceptors (Lipinski definition) is 1. The van der Waals surface area contributed by atoms with Crippen LogP contribution in [-0.2, 0) is 0 Å². The lowest BCUT2D eigenvalue weighted by Crippen LogP contribution is -2.33. The minimum Gasteiger partial charge on any atom is -0.307 e.